The first-order valence-electron chi connectivity index (χ1n) is 6.41. The predicted molar refractivity (Wildman–Crippen MR) is 71.6 cm³/mol. The number of sulfone groups is 1. The third-order valence-electron chi connectivity index (χ3n) is 3.08. The molecule has 0 aliphatic carbocycles. The number of hydrogen-bond donors (Lipinski definition) is 2. The Morgan fingerprint density at radius 2 is 2.00 bits per heavy atom. The average Bonchev–Trinajstić information content (AvgIpc) is 2.23. The summed E-state index contributed by atoms with van der Waals surface area (Å²) in [6.07, 6.45) is -0.119. The number of alkyl carbamates (subject to hydrolysis) is 1. The minimum absolute atomic E-state index is 0.00796. The zero-order valence-electron chi connectivity index (χ0n) is 11.7. The van der Waals surface area contributed by atoms with E-state index in [1.54, 1.807) is 20.8 Å². The number of aliphatic hydroxyl groups is 1. The van der Waals surface area contributed by atoms with Crippen molar-refractivity contribution in [1.29, 1.82) is 0 Å². The molecule has 1 rings (SSSR count). The van der Waals surface area contributed by atoms with Crippen LogP contribution in [0.5, 0.6) is 0 Å². The Labute approximate surface area is 114 Å². The summed E-state index contributed by atoms with van der Waals surface area (Å²) in [6, 6.07) is 0. The van der Waals surface area contributed by atoms with Crippen molar-refractivity contribution in [3.8, 4) is 0 Å². The largest absolute Gasteiger partial charge is 0.444 e. The van der Waals surface area contributed by atoms with Crippen molar-refractivity contribution >= 4 is 15.9 Å². The van der Waals surface area contributed by atoms with Crippen molar-refractivity contribution in [1.82, 2.24) is 5.32 Å². The summed E-state index contributed by atoms with van der Waals surface area (Å²) in [4.78, 5) is 11.5. The maximum atomic E-state index is 11.6. The number of carbonyl (C=O) groups excluding carboxylic acids is 1. The number of ether oxygens (including phenoxy) is 1. The van der Waals surface area contributed by atoms with Crippen LogP contribution in [0.1, 0.15) is 27.2 Å². The second kappa shape index (κ2) is 6.09. The topological polar surface area (TPSA) is 92.7 Å². The van der Waals surface area contributed by atoms with Crippen LogP contribution in [0.2, 0.25) is 0 Å². The second-order valence-corrected chi connectivity index (χ2v) is 8.22. The highest BCUT2D eigenvalue weighted by Gasteiger charge is 2.33. The molecule has 2 N–H and O–H groups in total. The van der Waals surface area contributed by atoms with Gasteiger partial charge in [-0.15, -0.1) is 0 Å². The molecule has 0 unspecified atom stereocenters. The molecule has 1 saturated heterocycles. The van der Waals surface area contributed by atoms with Crippen molar-refractivity contribution in [3.05, 3.63) is 0 Å². The van der Waals surface area contributed by atoms with Gasteiger partial charge in [0.05, 0.1) is 11.5 Å². The number of rotatable bonds is 3. The van der Waals surface area contributed by atoms with E-state index < -0.39 is 21.5 Å². The molecule has 1 aliphatic rings. The molecule has 0 aromatic carbocycles. The minimum atomic E-state index is -3.06. The summed E-state index contributed by atoms with van der Waals surface area (Å²) in [5.74, 6) is -0.218. The molecule has 1 aliphatic heterocycles. The molecule has 19 heavy (non-hydrogen) atoms. The fraction of sp³-hybridized carbons (Fsp3) is 0.917. The van der Waals surface area contributed by atoms with Gasteiger partial charge >= 0.3 is 6.09 Å². The Balaban J connectivity index is 2.51. The number of nitrogens with one attached hydrogen (secondary N) is 1. The SMILES string of the molecule is CC(C)(C)OC(=O)NC[C@@H]1CS(=O)(=O)CC[C@H]1CO. The third kappa shape index (κ3) is 5.78. The first-order chi connectivity index (χ1) is 8.63. The van der Waals surface area contributed by atoms with Crippen LogP contribution in [0, 0.1) is 11.8 Å². The van der Waals surface area contributed by atoms with E-state index in [0.717, 1.165) is 0 Å². The van der Waals surface area contributed by atoms with Crippen LogP contribution in [0.25, 0.3) is 0 Å². The molecular weight excluding hydrogens is 270 g/mol. The van der Waals surface area contributed by atoms with Crippen LogP contribution in [0.15, 0.2) is 0 Å². The highest BCUT2D eigenvalue weighted by molar-refractivity contribution is 7.91. The van der Waals surface area contributed by atoms with E-state index in [1.807, 2.05) is 0 Å². The van der Waals surface area contributed by atoms with Gasteiger partial charge in [0.1, 0.15) is 5.60 Å². The molecule has 0 saturated carbocycles. The van der Waals surface area contributed by atoms with Crippen LogP contribution in [0.3, 0.4) is 0 Å². The summed E-state index contributed by atoms with van der Waals surface area (Å²) >= 11 is 0. The molecule has 0 aromatic heterocycles. The summed E-state index contributed by atoms with van der Waals surface area (Å²) in [7, 11) is -3.06. The molecule has 0 spiro atoms. The lowest BCUT2D eigenvalue weighted by Crippen LogP contribution is -2.43. The molecule has 112 valence electrons. The van der Waals surface area contributed by atoms with Crippen molar-refractivity contribution in [2.75, 3.05) is 24.7 Å². The molecule has 0 radical (unpaired) electrons. The fourth-order valence-corrected chi connectivity index (χ4v) is 3.98. The zero-order chi connectivity index (χ0) is 14.7. The number of hydrogen-bond acceptors (Lipinski definition) is 5. The second-order valence-electron chi connectivity index (χ2n) is 5.99. The van der Waals surface area contributed by atoms with Gasteiger partial charge < -0.3 is 15.2 Å². The number of amides is 1. The van der Waals surface area contributed by atoms with E-state index in [1.165, 1.54) is 0 Å². The van der Waals surface area contributed by atoms with Gasteiger partial charge in [0.25, 0.3) is 0 Å². The van der Waals surface area contributed by atoms with Gasteiger partial charge in [0, 0.05) is 13.2 Å². The number of aliphatic hydroxyl groups excluding tert-OH is 1. The summed E-state index contributed by atoms with van der Waals surface area (Å²) in [5.41, 5.74) is -0.584. The van der Waals surface area contributed by atoms with E-state index in [-0.39, 0.29) is 36.5 Å². The first-order valence-corrected chi connectivity index (χ1v) is 8.23. The molecule has 1 amide bonds. The highest BCUT2D eigenvalue weighted by Crippen LogP contribution is 2.24. The molecule has 1 heterocycles. The van der Waals surface area contributed by atoms with Gasteiger partial charge in [0.15, 0.2) is 9.84 Å². The van der Waals surface area contributed by atoms with Gasteiger partial charge in [-0.3, -0.25) is 0 Å². The van der Waals surface area contributed by atoms with Gasteiger partial charge in [-0.05, 0) is 39.0 Å². The van der Waals surface area contributed by atoms with E-state index >= 15 is 0 Å². The Morgan fingerprint density at radius 3 is 2.53 bits per heavy atom. The van der Waals surface area contributed by atoms with Crippen LogP contribution in [-0.2, 0) is 14.6 Å². The molecule has 7 heteroatoms. The highest BCUT2D eigenvalue weighted by atomic mass is 32.2. The van der Waals surface area contributed by atoms with Gasteiger partial charge in [-0.1, -0.05) is 0 Å². The molecule has 2 atom stereocenters. The van der Waals surface area contributed by atoms with Gasteiger partial charge in [-0.2, -0.15) is 0 Å². The van der Waals surface area contributed by atoms with Crippen LogP contribution < -0.4 is 5.32 Å². The molecule has 1 fully saturated rings. The minimum Gasteiger partial charge on any atom is -0.444 e. The summed E-state index contributed by atoms with van der Waals surface area (Å²) < 4.78 is 28.2. The third-order valence-corrected chi connectivity index (χ3v) is 4.87. The summed E-state index contributed by atoms with van der Waals surface area (Å²) in [5, 5.41) is 11.8. The Kier molecular flexibility index (Phi) is 5.20. The van der Waals surface area contributed by atoms with Gasteiger partial charge in [-0.25, -0.2) is 13.2 Å². The van der Waals surface area contributed by atoms with Crippen molar-refractivity contribution in [2.24, 2.45) is 11.8 Å². The Hall–Kier alpha value is -0.820. The Bertz CT molecular complexity index is 412. The fourth-order valence-electron chi connectivity index (χ4n) is 2.11. The maximum absolute atomic E-state index is 11.6. The predicted octanol–water partition coefficient (Wildman–Crippen LogP) is 0.554. The van der Waals surface area contributed by atoms with Crippen molar-refractivity contribution in [3.63, 3.8) is 0 Å². The van der Waals surface area contributed by atoms with E-state index in [9.17, 15) is 18.3 Å². The molecule has 0 bridgehead atoms. The maximum Gasteiger partial charge on any atom is 0.407 e. The lowest BCUT2D eigenvalue weighted by molar-refractivity contribution is 0.0507. The molecule has 0 aromatic rings. The van der Waals surface area contributed by atoms with Gasteiger partial charge in [0.2, 0.25) is 0 Å². The smallest absolute Gasteiger partial charge is 0.407 e. The lowest BCUT2D eigenvalue weighted by Gasteiger charge is -2.30. The van der Waals surface area contributed by atoms with E-state index in [4.69, 9.17) is 4.74 Å². The van der Waals surface area contributed by atoms with Crippen molar-refractivity contribution < 1.29 is 23.1 Å². The molecule has 6 nitrogen and oxygen atoms in total. The lowest BCUT2D eigenvalue weighted by atomic mass is 9.92. The molecular formula is C12H23NO5S. The van der Waals surface area contributed by atoms with E-state index in [2.05, 4.69) is 5.32 Å². The Morgan fingerprint density at radius 1 is 1.37 bits per heavy atom. The standard InChI is InChI=1S/C12H23NO5S/c1-12(2,3)18-11(15)13-6-10-8-19(16,17)5-4-9(10)7-14/h9-10,14H,4-8H2,1-3H3,(H,13,15)/t9-,10+/m0/s1. The van der Waals surface area contributed by atoms with E-state index in [0.29, 0.717) is 6.42 Å². The monoisotopic (exact) mass is 293 g/mol. The zero-order valence-corrected chi connectivity index (χ0v) is 12.5. The number of carbonyl (C=O) groups is 1. The average molecular weight is 293 g/mol. The van der Waals surface area contributed by atoms with Crippen LogP contribution >= 0.6 is 0 Å². The quantitative estimate of drug-likeness (QED) is 0.793. The normalized spacial score (nSPS) is 26.7. The van der Waals surface area contributed by atoms with Crippen molar-refractivity contribution in [2.45, 2.75) is 32.8 Å². The first kappa shape index (κ1) is 16.2. The summed E-state index contributed by atoms with van der Waals surface area (Å²) in [6.45, 7) is 5.42. The van der Waals surface area contributed by atoms with Crippen LogP contribution in [0.4, 0.5) is 4.79 Å². The van der Waals surface area contributed by atoms with Crippen LogP contribution in [-0.4, -0.2) is 49.9 Å².